The van der Waals surface area contributed by atoms with Crippen LogP contribution in [0.1, 0.15) is 56.2 Å². The summed E-state index contributed by atoms with van der Waals surface area (Å²) in [5.41, 5.74) is 5.14. The Morgan fingerprint density at radius 2 is 1.78 bits per heavy atom. The molecule has 0 spiro atoms. The number of fused-ring (bicyclic) bond motifs is 1. The van der Waals surface area contributed by atoms with Crippen molar-refractivity contribution >= 4 is 45.9 Å². The van der Waals surface area contributed by atoms with E-state index in [1.165, 1.54) is 17.8 Å². The van der Waals surface area contributed by atoms with Crippen LogP contribution in [-0.4, -0.2) is 64.6 Å². The van der Waals surface area contributed by atoms with Gasteiger partial charge in [0.05, 0.1) is 10.6 Å². The standard InChI is InChI=1S/C35H41ClFN7O2/c1-5-31(45)39-24-7-10-26(11-8-24)44-33-28(22(3)32(34(44)46)27-12-6-23(37)19-29(27)36)20-38-35(41-33)40-25-9-13-30(21(2)18-25)43-16-14-42(4)15-17-43/h6,9,12-13,18-20,24,26H,5,7-8,10-11,14-17H2,1-4H3,(H,39,45)(H,38,40,41). The predicted octanol–water partition coefficient (Wildman–Crippen LogP) is 6.37. The number of nitrogens with zero attached hydrogens (tertiary/aromatic N) is 5. The summed E-state index contributed by atoms with van der Waals surface area (Å²) < 4.78 is 15.8. The van der Waals surface area contributed by atoms with Crippen molar-refractivity contribution in [1.82, 2.24) is 24.8 Å². The van der Waals surface area contributed by atoms with E-state index in [1.807, 2.05) is 19.9 Å². The van der Waals surface area contributed by atoms with Crippen molar-refractivity contribution < 1.29 is 9.18 Å². The molecule has 242 valence electrons. The average Bonchev–Trinajstić information content (AvgIpc) is 3.03. The van der Waals surface area contributed by atoms with Gasteiger partial charge in [-0.1, -0.05) is 18.5 Å². The van der Waals surface area contributed by atoms with Crippen molar-refractivity contribution in [3.05, 3.63) is 74.9 Å². The molecule has 46 heavy (non-hydrogen) atoms. The van der Waals surface area contributed by atoms with E-state index in [9.17, 15) is 14.0 Å². The third-order valence-electron chi connectivity index (χ3n) is 9.45. The smallest absolute Gasteiger partial charge is 0.260 e. The number of piperazine rings is 1. The van der Waals surface area contributed by atoms with Crippen molar-refractivity contribution in [2.45, 2.75) is 65.0 Å². The van der Waals surface area contributed by atoms with Gasteiger partial charge in [0.15, 0.2) is 0 Å². The Bertz CT molecular complexity index is 1830. The summed E-state index contributed by atoms with van der Waals surface area (Å²) >= 11 is 6.50. The van der Waals surface area contributed by atoms with Gasteiger partial charge < -0.3 is 20.4 Å². The van der Waals surface area contributed by atoms with Crippen molar-refractivity contribution in [2.75, 3.05) is 43.4 Å². The molecule has 9 nitrogen and oxygen atoms in total. The molecule has 0 bridgehead atoms. The molecule has 0 atom stereocenters. The highest BCUT2D eigenvalue weighted by Crippen LogP contribution is 2.36. The second kappa shape index (κ2) is 13.4. The highest BCUT2D eigenvalue weighted by atomic mass is 35.5. The second-order valence-corrected chi connectivity index (χ2v) is 13.0. The number of likely N-dealkylation sites (N-methyl/N-ethyl adjacent to an activating group) is 1. The zero-order valence-corrected chi connectivity index (χ0v) is 27.6. The van der Waals surface area contributed by atoms with Crippen LogP contribution in [0.4, 0.5) is 21.7 Å². The fourth-order valence-electron chi connectivity index (χ4n) is 6.81. The molecule has 2 aromatic heterocycles. The minimum Gasteiger partial charge on any atom is -0.369 e. The van der Waals surface area contributed by atoms with Crippen molar-refractivity contribution in [1.29, 1.82) is 0 Å². The van der Waals surface area contributed by atoms with Crippen LogP contribution in [0.3, 0.4) is 0 Å². The maximum atomic E-state index is 14.4. The van der Waals surface area contributed by atoms with Crippen LogP contribution < -0.4 is 21.1 Å². The molecule has 1 amide bonds. The number of aromatic nitrogens is 3. The molecule has 11 heteroatoms. The van der Waals surface area contributed by atoms with Crippen LogP contribution in [0.15, 0.2) is 47.4 Å². The molecule has 0 unspecified atom stereocenters. The Hall–Kier alpha value is -4.02. The molecule has 2 aromatic carbocycles. The monoisotopic (exact) mass is 645 g/mol. The summed E-state index contributed by atoms with van der Waals surface area (Å²) in [6.45, 7) is 9.88. The number of amides is 1. The minimum absolute atomic E-state index is 0.0323. The van der Waals surface area contributed by atoms with Gasteiger partial charge in [-0.3, -0.25) is 14.2 Å². The van der Waals surface area contributed by atoms with E-state index in [0.29, 0.717) is 47.5 Å². The molecule has 2 N–H and O–H groups in total. The average molecular weight is 646 g/mol. The van der Waals surface area contributed by atoms with Crippen LogP contribution in [0.2, 0.25) is 5.02 Å². The van der Waals surface area contributed by atoms with E-state index in [2.05, 4.69) is 51.5 Å². The molecule has 2 aliphatic rings. The summed E-state index contributed by atoms with van der Waals surface area (Å²) in [6.07, 6.45) is 5.08. The molecule has 0 radical (unpaired) electrons. The van der Waals surface area contributed by atoms with Crippen LogP contribution in [-0.2, 0) is 4.79 Å². The number of aryl methyl sites for hydroxylation is 2. The van der Waals surface area contributed by atoms with E-state index in [0.717, 1.165) is 55.7 Å². The number of hydrogen-bond donors (Lipinski definition) is 2. The van der Waals surface area contributed by atoms with E-state index < -0.39 is 5.82 Å². The van der Waals surface area contributed by atoms with Crippen LogP contribution in [0.25, 0.3) is 22.2 Å². The van der Waals surface area contributed by atoms with Gasteiger partial charge in [0.1, 0.15) is 11.5 Å². The lowest BCUT2D eigenvalue weighted by atomic mass is 9.90. The van der Waals surface area contributed by atoms with E-state index >= 15 is 0 Å². The quantitative estimate of drug-likeness (QED) is 0.241. The summed E-state index contributed by atoms with van der Waals surface area (Å²) in [5, 5.41) is 7.36. The summed E-state index contributed by atoms with van der Waals surface area (Å²) in [7, 11) is 2.15. The van der Waals surface area contributed by atoms with E-state index in [4.69, 9.17) is 16.6 Å². The number of hydrogen-bond acceptors (Lipinski definition) is 7. The fraction of sp³-hybridized carbons (Fsp3) is 0.429. The first-order valence-corrected chi connectivity index (χ1v) is 16.5. The third kappa shape index (κ3) is 6.46. The van der Waals surface area contributed by atoms with Gasteiger partial charge in [0.25, 0.3) is 5.56 Å². The zero-order chi connectivity index (χ0) is 32.5. The molecular weight excluding hydrogens is 605 g/mol. The van der Waals surface area contributed by atoms with Crippen molar-refractivity contribution in [2.24, 2.45) is 0 Å². The lowest BCUT2D eigenvalue weighted by Crippen LogP contribution is -2.44. The SMILES string of the molecule is CCC(=O)NC1CCC(n2c(=O)c(-c3ccc(F)cc3Cl)c(C)c3cnc(Nc4ccc(N5CCN(C)CC5)c(C)c4)nc32)CC1. The lowest BCUT2D eigenvalue weighted by molar-refractivity contribution is -0.121. The molecule has 3 heterocycles. The van der Waals surface area contributed by atoms with Gasteiger partial charge >= 0.3 is 0 Å². The van der Waals surface area contributed by atoms with Crippen LogP contribution in [0.5, 0.6) is 0 Å². The Kier molecular flexibility index (Phi) is 9.29. The van der Waals surface area contributed by atoms with Gasteiger partial charge in [-0.2, -0.15) is 4.98 Å². The first-order valence-electron chi connectivity index (χ1n) is 16.1. The van der Waals surface area contributed by atoms with Gasteiger partial charge in [0.2, 0.25) is 11.9 Å². The highest BCUT2D eigenvalue weighted by Gasteiger charge is 2.28. The summed E-state index contributed by atoms with van der Waals surface area (Å²) in [5.74, 6) is -0.0426. The Labute approximate surface area is 273 Å². The molecular formula is C35H41ClFN7O2. The Balaban J connectivity index is 1.38. The van der Waals surface area contributed by atoms with Gasteiger partial charge in [0, 0.05) is 73.2 Å². The maximum absolute atomic E-state index is 14.4. The number of benzene rings is 2. The molecule has 1 saturated carbocycles. The molecule has 6 rings (SSSR count). The van der Waals surface area contributed by atoms with Crippen LogP contribution in [0, 0.1) is 19.7 Å². The number of halogens is 2. The highest BCUT2D eigenvalue weighted by molar-refractivity contribution is 6.33. The summed E-state index contributed by atoms with van der Waals surface area (Å²) in [6, 6.07) is 10.3. The second-order valence-electron chi connectivity index (χ2n) is 12.6. The fourth-order valence-corrected chi connectivity index (χ4v) is 7.08. The largest absolute Gasteiger partial charge is 0.369 e. The number of carbonyl (C=O) groups excluding carboxylic acids is 1. The lowest BCUT2D eigenvalue weighted by Gasteiger charge is -2.35. The Morgan fingerprint density at radius 3 is 2.46 bits per heavy atom. The molecule has 1 aliphatic heterocycles. The first-order chi connectivity index (χ1) is 22.1. The maximum Gasteiger partial charge on any atom is 0.260 e. The summed E-state index contributed by atoms with van der Waals surface area (Å²) in [4.78, 5) is 40.8. The topological polar surface area (TPSA) is 95.4 Å². The number of carbonyl (C=O) groups is 1. The number of rotatable bonds is 7. The van der Waals surface area contributed by atoms with Crippen molar-refractivity contribution in [3.63, 3.8) is 0 Å². The predicted molar refractivity (Wildman–Crippen MR) is 183 cm³/mol. The van der Waals surface area contributed by atoms with Crippen molar-refractivity contribution in [3.8, 4) is 11.1 Å². The zero-order valence-electron chi connectivity index (χ0n) is 26.9. The first kappa shape index (κ1) is 31.9. The molecule has 2 fully saturated rings. The van der Waals surface area contributed by atoms with Gasteiger partial charge in [-0.15, -0.1) is 0 Å². The minimum atomic E-state index is -0.467. The normalized spacial score (nSPS) is 19.0. The van der Waals surface area contributed by atoms with Crippen LogP contribution >= 0.6 is 11.6 Å². The van der Waals surface area contributed by atoms with Gasteiger partial charge in [-0.05, 0) is 94.1 Å². The molecule has 1 saturated heterocycles. The number of pyridine rings is 1. The third-order valence-corrected chi connectivity index (χ3v) is 9.77. The number of anilines is 3. The molecule has 1 aliphatic carbocycles. The number of nitrogens with one attached hydrogen (secondary N) is 2. The Morgan fingerprint density at radius 1 is 1.04 bits per heavy atom. The van der Waals surface area contributed by atoms with E-state index in [1.54, 1.807) is 16.8 Å². The molecule has 4 aromatic rings. The van der Waals surface area contributed by atoms with Gasteiger partial charge in [-0.25, -0.2) is 9.37 Å². The van der Waals surface area contributed by atoms with E-state index in [-0.39, 0.29) is 28.6 Å².